The van der Waals surface area contributed by atoms with E-state index in [4.69, 9.17) is 5.11 Å². The standard InChI is InChI=1S/C9H7N3O3S2/c1-4-3-16-7(9(14)15)6(4)11-8(13)5-2-10-17-12-5/h2-3H,1H3,(H,11,13)(H,14,15). The van der Waals surface area contributed by atoms with Crippen LogP contribution in [0.25, 0.3) is 0 Å². The van der Waals surface area contributed by atoms with Gasteiger partial charge in [-0.15, -0.1) is 11.3 Å². The van der Waals surface area contributed by atoms with Crippen molar-refractivity contribution < 1.29 is 14.7 Å². The molecule has 0 radical (unpaired) electrons. The highest BCUT2D eigenvalue weighted by atomic mass is 32.1. The predicted molar refractivity (Wildman–Crippen MR) is 63.9 cm³/mol. The van der Waals surface area contributed by atoms with E-state index in [0.717, 1.165) is 23.1 Å². The second-order valence-corrected chi connectivity index (χ2v) is 4.61. The first-order valence-electron chi connectivity index (χ1n) is 4.50. The maximum absolute atomic E-state index is 11.7. The number of aryl methyl sites for hydroxylation is 1. The lowest BCUT2D eigenvalue weighted by Gasteiger charge is -2.03. The van der Waals surface area contributed by atoms with Crippen LogP contribution in [0.5, 0.6) is 0 Å². The SMILES string of the molecule is Cc1csc(C(=O)O)c1NC(=O)c1cnsn1. The molecule has 2 rings (SSSR count). The third kappa shape index (κ3) is 2.32. The number of hydrogen-bond acceptors (Lipinski definition) is 6. The van der Waals surface area contributed by atoms with E-state index in [0.29, 0.717) is 11.3 Å². The zero-order valence-corrected chi connectivity index (χ0v) is 10.3. The summed E-state index contributed by atoms with van der Waals surface area (Å²) >= 11 is 2.00. The van der Waals surface area contributed by atoms with E-state index >= 15 is 0 Å². The number of carbonyl (C=O) groups excluding carboxylic acids is 1. The summed E-state index contributed by atoms with van der Waals surface area (Å²) in [7, 11) is 0. The quantitative estimate of drug-likeness (QED) is 0.887. The smallest absolute Gasteiger partial charge is 0.348 e. The van der Waals surface area contributed by atoms with Crippen molar-refractivity contribution in [2.45, 2.75) is 6.92 Å². The third-order valence-corrected chi connectivity index (χ3v) is 3.57. The molecule has 2 aromatic rings. The minimum absolute atomic E-state index is 0.110. The topological polar surface area (TPSA) is 92.2 Å². The van der Waals surface area contributed by atoms with Crippen LogP contribution in [0.1, 0.15) is 25.7 Å². The first-order valence-corrected chi connectivity index (χ1v) is 6.11. The highest BCUT2D eigenvalue weighted by molar-refractivity contribution is 7.12. The van der Waals surface area contributed by atoms with E-state index in [2.05, 4.69) is 14.1 Å². The molecule has 0 saturated heterocycles. The number of aromatic carboxylic acids is 1. The molecule has 2 aromatic heterocycles. The number of aromatic nitrogens is 2. The van der Waals surface area contributed by atoms with Crippen LogP contribution in [0.4, 0.5) is 5.69 Å². The van der Waals surface area contributed by atoms with Gasteiger partial charge in [0.1, 0.15) is 4.88 Å². The monoisotopic (exact) mass is 269 g/mol. The van der Waals surface area contributed by atoms with Crippen molar-refractivity contribution in [3.63, 3.8) is 0 Å². The molecule has 0 spiro atoms. The molecule has 88 valence electrons. The first-order chi connectivity index (χ1) is 8.09. The average molecular weight is 269 g/mol. The van der Waals surface area contributed by atoms with Gasteiger partial charge in [-0.1, -0.05) is 0 Å². The number of hydrogen-bond donors (Lipinski definition) is 2. The van der Waals surface area contributed by atoms with Crippen LogP contribution in [-0.4, -0.2) is 25.7 Å². The molecule has 2 heterocycles. The molecule has 2 N–H and O–H groups in total. The fourth-order valence-corrected chi connectivity index (χ4v) is 2.45. The number of carboxylic acids is 1. The van der Waals surface area contributed by atoms with E-state index in [1.165, 1.54) is 6.20 Å². The molecule has 0 fully saturated rings. The second-order valence-electron chi connectivity index (χ2n) is 3.17. The van der Waals surface area contributed by atoms with Crippen LogP contribution in [-0.2, 0) is 0 Å². The number of carbonyl (C=O) groups is 2. The maximum atomic E-state index is 11.7. The molecule has 8 heteroatoms. The summed E-state index contributed by atoms with van der Waals surface area (Å²) < 4.78 is 7.48. The van der Waals surface area contributed by atoms with Gasteiger partial charge in [-0.2, -0.15) is 8.75 Å². The summed E-state index contributed by atoms with van der Waals surface area (Å²) in [5.74, 6) is -1.52. The van der Waals surface area contributed by atoms with Crippen LogP contribution in [0.2, 0.25) is 0 Å². The van der Waals surface area contributed by atoms with E-state index < -0.39 is 11.9 Å². The molecule has 6 nitrogen and oxygen atoms in total. The Morgan fingerprint density at radius 1 is 1.47 bits per heavy atom. The Morgan fingerprint density at radius 2 is 2.24 bits per heavy atom. The summed E-state index contributed by atoms with van der Waals surface area (Å²) in [6.07, 6.45) is 1.34. The molecule has 0 bridgehead atoms. The Labute approximate surface area is 104 Å². The molecule has 0 aromatic carbocycles. The lowest BCUT2D eigenvalue weighted by molar-refractivity contribution is 0.0703. The van der Waals surface area contributed by atoms with Crippen molar-refractivity contribution in [3.8, 4) is 0 Å². The van der Waals surface area contributed by atoms with Crippen molar-refractivity contribution in [2.75, 3.05) is 5.32 Å². The molecule has 0 atom stereocenters. The van der Waals surface area contributed by atoms with Crippen LogP contribution >= 0.6 is 23.1 Å². The number of rotatable bonds is 3. The van der Waals surface area contributed by atoms with Gasteiger partial charge in [0.25, 0.3) is 5.91 Å². The third-order valence-electron chi connectivity index (χ3n) is 2.00. The molecular formula is C9H7N3O3S2. The molecule has 17 heavy (non-hydrogen) atoms. The maximum Gasteiger partial charge on any atom is 0.348 e. The van der Waals surface area contributed by atoms with E-state index in [1.807, 2.05) is 0 Å². The molecule has 0 aliphatic rings. The van der Waals surface area contributed by atoms with Gasteiger partial charge in [-0.25, -0.2) is 4.79 Å². The van der Waals surface area contributed by atoms with Crippen LogP contribution in [0, 0.1) is 6.92 Å². The largest absolute Gasteiger partial charge is 0.477 e. The van der Waals surface area contributed by atoms with Gasteiger partial charge in [0.15, 0.2) is 5.69 Å². The van der Waals surface area contributed by atoms with E-state index in [9.17, 15) is 9.59 Å². The Morgan fingerprint density at radius 3 is 2.82 bits per heavy atom. The molecule has 1 amide bonds. The summed E-state index contributed by atoms with van der Waals surface area (Å²) in [6.45, 7) is 1.73. The molecule has 0 aliphatic carbocycles. The highest BCUT2D eigenvalue weighted by Gasteiger charge is 2.18. The fraction of sp³-hybridized carbons (Fsp3) is 0.111. The molecular weight excluding hydrogens is 262 g/mol. The minimum Gasteiger partial charge on any atom is -0.477 e. The zero-order valence-electron chi connectivity index (χ0n) is 8.63. The second kappa shape index (κ2) is 4.60. The zero-order chi connectivity index (χ0) is 12.4. The van der Waals surface area contributed by atoms with Gasteiger partial charge in [-0.05, 0) is 17.9 Å². The lowest BCUT2D eigenvalue weighted by Crippen LogP contribution is -2.14. The number of carboxylic acid groups (broad SMARTS) is 1. The number of thiophene rings is 1. The highest BCUT2D eigenvalue weighted by Crippen LogP contribution is 2.27. The number of anilines is 1. The normalized spacial score (nSPS) is 10.2. The summed E-state index contributed by atoms with van der Waals surface area (Å²) in [5, 5.41) is 13.2. The molecule has 0 saturated carbocycles. The van der Waals surface area contributed by atoms with Gasteiger partial charge in [0.2, 0.25) is 0 Å². The molecule has 0 aliphatic heterocycles. The van der Waals surface area contributed by atoms with E-state index in [-0.39, 0.29) is 10.6 Å². The average Bonchev–Trinajstić information content (AvgIpc) is 2.89. The Balaban J connectivity index is 2.27. The van der Waals surface area contributed by atoms with Gasteiger partial charge in [-0.3, -0.25) is 4.79 Å². The van der Waals surface area contributed by atoms with E-state index in [1.54, 1.807) is 12.3 Å². The predicted octanol–water partition coefficient (Wildman–Crippen LogP) is 1.86. The van der Waals surface area contributed by atoms with Crippen LogP contribution in [0.3, 0.4) is 0 Å². The Kier molecular flexibility index (Phi) is 3.16. The number of nitrogens with zero attached hydrogens (tertiary/aromatic N) is 2. The molecule has 0 unspecified atom stereocenters. The van der Waals surface area contributed by atoms with Crippen molar-refractivity contribution in [1.82, 2.24) is 8.75 Å². The van der Waals surface area contributed by atoms with Gasteiger partial charge in [0, 0.05) is 0 Å². The van der Waals surface area contributed by atoms with Crippen molar-refractivity contribution in [3.05, 3.63) is 27.7 Å². The van der Waals surface area contributed by atoms with Crippen molar-refractivity contribution in [1.29, 1.82) is 0 Å². The summed E-state index contributed by atoms with van der Waals surface area (Å²) in [4.78, 5) is 22.8. The van der Waals surface area contributed by atoms with Crippen LogP contribution in [0.15, 0.2) is 11.6 Å². The lowest BCUT2D eigenvalue weighted by atomic mass is 10.2. The summed E-state index contributed by atoms with van der Waals surface area (Å²) in [6, 6.07) is 0. The fourth-order valence-electron chi connectivity index (χ4n) is 1.20. The van der Waals surface area contributed by atoms with Gasteiger partial charge >= 0.3 is 5.97 Å². The number of amides is 1. The van der Waals surface area contributed by atoms with Crippen molar-refractivity contribution in [2.24, 2.45) is 0 Å². The summed E-state index contributed by atoms with van der Waals surface area (Å²) in [5.41, 5.74) is 1.21. The minimum atomic E-state index is -1.06. The van der Waals surface area contributed by atoms with Crippen LogP contribution < -0.4 is 5.32 Å². The first kappa shape index (κ1) is 11.7. The van der Waals surface area contributed by atoms with Crippen molar-refractivity contribution >= 4 is 40.6 Å². The van der Waals surface area contributed by atoms with Gasteiger partial charge < -0.3 is 10.4 Å². The van der Waals surface area contributed by atoms with Gasteiger partial charge in [0.05, 0.1) is 23.6 Å². The Bertz CT molecular complexity index is 562. The number of nitrogens with one attached hydrogen (secondary N) is 1. The Hall–Kier alpha value is -1.80.